The molecule has 140 valence electrons. The number of nitrogens with zero attached hydrogens (tertiary/aromatic N) is 2. The number of ether oxygens (including phenoxy) is 1. The molecule has 5 nitrogen and oxygen atoms in total. The highest BCUT2D eigenvalue weighted by Crippen LogP contribution is 2.23. The number of carbonyl (C=O) groups is 1. The number of esters is 1. The molecule has 0 aromatic carbocycles. The minimum absolute atomic E-state index is 0. The van der Waals surface area contributed by atoms with Crippen LogP contribution in [0.3, 0.4) is 0 Å². The molecule has 1 N–H and O–H groups in total. The summed E-state index contributed by atoms with van der Waals surface area (Å²) in [5, 5.41) is 3.50. The van der Waals surface area contributed by atoms with Gasteiger partial charge in [0.2, 0.25) is 0 Å². The molecule has 2 aliphatic heterocycles. The maximum atomic E-state index is 12.2. The first-order valence-electron chi connectivity index (χ1n) is 8.65. The molecule has 0 radical (unpaired) electrons. The number of carbonyl (C=O) groups excluding carboxylic acids is 1. The molecule has 0 aromatic rings. The van der Waals surface area contributed by atoms with E-state index < -0.39 is 5.60 Å². The van der Waals surface area contributed by atoms with Crippen molar-refractivity contribution in [1.29, 1.82) is 0 Å². The highest BCUT2D eigenvalue weighted by Gasteiger charge is 2.33. The van der Waals surface area contributed by atoms with Gasteiger partial charge in [-0.1, -0.05) is 0 Å². The molecule has 2 heterocycles. The van der Waals surface area contributed by atoms with Gasteiger partial charge in [0, 0.05) is 26.7 Å². The average molecular weight is 469 g/mol. The summed E-state index contributed by atoms with van der Waals surface area (Å²) >= 11 is 2.05. The molecule has 0 amide bonds. The van der Waals surface area contributed by atoms with E-state index in [-0.39, 0.29) is 35.9 Å². The molecule has 0 saturated carbocycles. The molecule has 2 fully saturated rings. The van der Waals surface area contributed by atoms with Crippen molar-refractivity contribution >= 4 is 47.7 Å². The van der Waals surface area contributed by atoms with Gasteiger partial charge in [-0.2, -0.15) is 11.8 Å². The lowest BCUT2D eigenvalue weighted by Crippen LogP contribution is -2.43. The molecular weight excluding hydrogens is 437 g/mol. The minimum Gasteiger partial charge on any atom is -0.460 e. The van der Waals surface area contributed by atoms with Crippen LogP contribution in [0.2, 0.25) is 0 Å². The van der Waals surface area contributed by atoms with E-state index in [4.69, 9.17) is 4.74 Å². The van der Waals surface area contributed by atoms with Gasteiger partial charge in [-0.05, 0) is 57.5 Å². The Labute approximate surface area is 167 Å². The average Bonchev–Trinajstić information content (AvgIpc) is 2.97. The fraction of sp³-hybridized carbons (Fsp3) is 0.882. The molecule has 0 bridgehead atoms. The molecule has 2 saturated heterocycles. The molecule has 2 aliphatic rings. The van der Waals surface area contributed by atoms with E-state index in [9.17, 15) is 4.79 Å². The van der Waals surface area contributed by atoms with Crippen LogP contribution in [0.4, 0.5) is 0 Å². The zero-order valence-corrected chi connectivity index (χ0v) is 18.5. The summed E-state index contributed by atoms with van der Waals surface area (Å²) in [5.74, 6) is 4.09. The van der Waals surface area contributed by atoms with Gasteiger partial charge in [-0.15, -0.1) is 24.0 Å². The molecule has 0 spiro atoms. The lowest BCUT2D eigenvalue weighted by molar-refractivity contribution is -0.159. The molecule has 7 heteroatoms. The fourth-order valence-electron chi connectivity index (χ4n) is 3.05. The Morgan fingerprint density at radius 3 is 2.54 bits per heavy atom. The van der Waals surface area contributed by atoms with E-state index in [0.29, 0.717) is 6.54 Å². The Morgan fingerprint density at radius 2 is 1.96 bits per heavy atom. The van der Waals surface area contributed by atoms with Crippen molar-refractivity contribution in [3.63, 3.8) is 0 Å². The number of likely N-dealkylation sites (tertiary alicyclic amines) is 1. The van der Waals surface area contributed by atoms with Crippen molar-refractivity contribution < 1.29 is 9.53 Å². The quantitative estimate of drug-likeness (QED) is 0.298. The van der Waals surface area contributed by atoms with Gasteiger partial charge in [0.25, 0.3) is 0 Å². The number of aliphatic imine (C=N–C) groups is 1. The van der Waals surface area contributed by atoms with Crippen molar-refractivity contribution in [2.45, 2.75) is 45.6 Å². The molecule has 24 heavy (non-hydrogen) atoms. The third-order valence-electron chi connectivity index (χ3n) is 4.33. The third kappa shape index (κ3) is 6.98. The minimum atomic E-state index is -0.413. The van der Waals surface area contributed by atoms with Gasteiger partial charge >= 0.3 is 5.97 Å². The first kappa shape index (κ1) is 21.9. The van der Waals surface area contributed by atoms with Gasteiger partial charge in [-0.25, -0.2) is 0 Å². The summed E-state index contributed by atoms with van der Waals surface area (Å²) in [5.41, 5.74) is -0.413. The predicted molar refractivity (Wildman–Crippen MR) is 112 cm³/mol. The second-order valence-electron chi connectivity index (χ2n) is 7.45. The van der Waals surface area contributed by atoms with Gasteiger partial charge in [0.15, 0.2) is 5.96 Å². The van der Waals surface area contributed by atoms with Crippen molar-refractivity contribution in [3.8, 4) is 0 Å². The van der Waals surface area contributed by atoms with Crippen LogP contribution in [0.1, 0.15) is 40.0 Å². The first-order chi connectivity index (χ1) is 10.9. The number of thioether (sulfide) groups is 1. The molecule has 0 aromatic heterocycles. The Bertz CT molecular complexity index is 434. The van der Waals surface area contributed by atoms with E-state index in [0.717, 1.165) is 31.4 Å². The van der Waals surface area contributed by atoms with Crippen molar-refractivity contribution in [2.24, 2.45) is 16.8 Å². The standard InChI is InChI=1S/C17H31N3O2S.HI/c1-17(2,3)22-15(21)14-5-8-20(12-14)16(18-4)19-11-13-6-9-23-10-7-13;/h13-14H,5-12H2,1-4H3,(H,18,19);1H. The summed E-state index contributed by atoms with van der Waals surface area (Å²) in [6, 6.07) is 0. The Kier molecular flexibility index (Phi) is 9.19. The molecule has 0 aliphatic carbocycles. The summed E-state index contributed by atoms with van der Waals surface area (Å²) in [4.78, 5) is 18.8. The highest BCUT2D eigenvalue weighted by molar-refractivity contribution is 14.0. The first-order valence-corrected chi connectivity index (χ1v) is 9.80. The van der Waals surface area contributed by atoms with Crippen LogP contribution in [0, 0.1) is 11.8 Å². The largest absolute Gasteiger partial charge is 0.460 e. The van der Waals surface area contributed by atoms with Gasteiger partial charge in [0.1, 0.15) is 5.60 Å². The predicted octanol–water partition coefficient (Wildman–Crippen LogP) is 2.99. The molecule has 2 rings (SSSR count). The number of halogens is 1. The number of rotatable bonds is 3. The lowest BCUT2D eigenvalue weighted by Gasteiger charge is -2.26. The van der Waals surface area contributed by atoms with E-state index in [1.807, 2.05) is 27.8 Å². The summed E-state index contributed by atoms with van der Waals surface area (Å²) < 4.78 is 5.51. The Morgan fingerprint density at radius 1 is 1.29 bits per heavy atom. The molecule has 1 atom stereocenters. The van der Waals surface area contributed by atoms with E-state index >= 15 is 0 Å². The SMILES string of the molecule is CN=C(NCC1CCSCC1)N1CCC(C(=O)OC(C)(C)C)C1.I. The van der Waals surface area contributed by atoms with Crippen LogP contribution < -0.4 is 5.32 Å². The van der Waals surface area contributed by atoms with E-state index in [1.165, 1.54) is 24.3 Å². The number of nitrogens with one attached hydrogen (secondary N) is 1. The number of hydrogen-bond donors (Lipinski definition) is 1. The normalized spacial score (nSPS) is 22.9. The molecule has 1 unspecified atom stereocenters. The highest BCUT2D eigenvalue weighted by atomic mass is 127. The zero-order valence-electron chi connectivity index (χ0n) is 15.3. The van der Waals surface area contributed by atoms with Crippen molar-refractivity contribution in [1.82, 2.24) is 10.2 Å². The summed E-state index contributed by atoms with van der Waals surface area (Å²) in [7, 11) is 1.82. The topological polar surface area (TPSA) is 53.9 Å². The summed E-state index contributed by atoms with van der Waals surface area (Å²) in [6.45, 7) is 8.31. The van der Waals surface area contributed by atoms with Gasteiger partial charge < -0.3 is 15.0 Å². The maximum absolute atomic E-state index is 12.2. The molecular formula is C17H32IN3O2S. The monoisotopic (exact) mass is 469 g/mol. The fourth-order valence-corrected chi connectivity index (χ4v) is 4.25. The third-order valence-corrected chi connectivity index (χ3v) is 5.38. The second kappa shape index (κ2) is 10.1. The zero-order chi connectivity index (χ0) is 16.9. The van der Waals surface area contributed by atoms with Gasteiger partial charge in [0.05, 0.1) is 5.92 Å². The van der Waals surface area contributed by atoms with Crippen LogP contribution in [0.15, 0.2) is 4.99 Å². The van der Waals surface area contributed by atoms with Crippen molar-refractivity contribution in [2.75, 3.05) is 38.2 Å². The van der Waals surface area contributed by atoms with E-state index in [2.05, 4.69) is 27.0 Å². The van der Waals surface area contributed by atoms with Crippen LogP contribution in [0.5, 0.6) is 0 Å². The van der Waals surface area contributed by atoms with Crippen molar-refractivity contribution in [3.05, 3.63) is 0 Å². The lowest BCUT2D eigenvalue weighted by atomic mass is 10.0. The number of guanidine groups is 1. The van der Waals surface area contributed by atoms with Crippen LogP contribution in [-0.4, -0.2) is 60.6 Å². The summed E-state index contributed by atoms with van der Waals surface area (Å²) in [6.07, 6.45) is 3.42. The van der Waals surface area contributed by atoms with Crippen LogP contribution in [-0.2, 0) is 9.53 Å². The number of hydrogen-bond acceptors (Lipinski definition) is 4. The Balaban J connectivity index is 0.00000288. The van der Waals surface area contributed by atoms with Crippen LogP contribution in [0.25, 0.3) is 0 Å². The Hall–Kier alpha value is -0.180. The second-order valence-corrected chi connectivity index (χ2v) is 8.67. The van der Waals surface area contributed by atoms with E-state index in [1.54, 1.807) is 0 Å². The maximum Gasteiger partial charge on any atom is 0.311 e. The van der Waals surface area contributed by atoms with Gasteiger partial charge in [-0.3, -0.25) is 9.79 Å². The van der Waals surface area contributed by atoms with Crippen LogP contribution >= 0.6 is 35.7 Å². The smallest absolute Gasteiger partial charge is 0.311 e.